The number of rotatable bonds is 4. The normalized spacial score (nSPS) is 15.9. The van der Waals surface area contributed by atoms with E-state index in [2.05, 4.69) is 12.1 Å². The van der Waals surface area contributed by atoms with E-state index in [0.717, 1.165) is 43.4 Å². The van der Waals surface area contributed by atoms with E-state index in [1.165, 1.54) is 0 Å². The van der Waals surface area contributed by atoms with Gasteiger partial charge in [0.1, 0.15) is 5.76 Å². The molecule has 0 amide bonds. The van der Waals surface area contributed by atoms with Gasteiger partial charge in [-0.1, -0.05) is 0 Å². The lowest BCUT2D eigenvalue weighted by Crippen LogP contribution is -2.03. The first-order valence-electron chi connectivity index (χ1n) is 5.00. The van der Waals surface area contributed by atoms with Crippen LogP contribution in [-0.2, 0) is 4.74 Å². The van der Waals surface area contributed by atoms with Gasteiger partial charge in [0.15, 0.2) is 0 Å². The minimum atomic E-state index is 0.523. The molecule has 1 rings (SSSR count). The molecule has 0 unspecified atom stereocenters. The molecule has 3 nitrogen and oxygen atoms in total. The van der Waals surface area contributed by atoms with Crippen LogP contribution >= 0.6 is 0 Å². The molecule has 0 radical (unpaired) electrons. The van der Waals surface area contributed by atoms with Crippen LogP contribution in [-0.4, -0.2) is 6.61 Å². The molecule has 14 heavy (non-hydrogen) atoms. The summed E-state index contributed by atoms with van der Waals surface area (Å²) in [5.74, 6) is 0.858. The van der Waals surface area contributed by atoms with E-state index in [1.807, 2.05) is 0 Å². The third-order valence-corrected chi connectivity index (χ3v) is 2.26. The van der Waals surface area contributed by atoms with E-state index in [1.54, 1.807) is 0 Å². The van der Waals surface area contributed by atoms with Crippen molar-refractivity contribution in [2.24, 2.45) is 0 Å². The van der Waals surface area contributed by atoms with Crippen LogP contribution in [0.1, 0.15) is 38.5 Å². The van der Waals surface area contributed by atoms with Crippen LogP contribution in [0.3, 0.4) is 0 Å². The van der Waals surface area contributed by atoms with Gasteiger partial charge in [-0.25, -0.2) is 0 Å². The molecule has 0 aromatic heterocycles. The second-order valence-corrected chi connectivity index (χ2v) is 3.33. The zero-order chi connectivity index (χ0) is 10.2. The van der Waals surface area contributed by atoms with Crippen molar-refractivity contribution in [3.63, 3.8) is 0 Å². The van der Waals surface area contributed by atoms with Gasteiger partial charge in [-0.3, -0.25) is 0 Å². The van der Waals surface area contributed by atoms with Crippen molar-refractivity contribution in [3.05, 3.63) is 11.3 Å². The van der Waals surface area contributed by atoms with E-state index in [4.69, 9.17) is 15.3 Å². The van der Waals surface area contributed by atoms with Gasteiger partial charge in [0, 0.05) is 12.8 Å². The Kier molecular flexibility index (Phi) is 4.58. The fraction of sp³-hybridized carbons (Fsp3) is 0.636. The Morgan fingerprint density at radius 2 is 2.00 bits per heavy atom. The van der Waals surface area contributed by atoms with Gasteiger partial charge >= 0.3 is 0 Å². The molecular weight excluding hydrogens is 176 g/mol. The lowest BCUT2D eigenvalue weighted by atomic mass is 9.99. The zero-order valence-corrected chi connectivity index (χ0v) is 8.25. The van der Waals surface area contributed by atoms with Crippen molar-refractivity contribution >= 4 is 0 Å². The summed E-state index contributed by atoms with van der Waals surface area (Å²) in [5.41, 5.74) is 0.799. The number of allylic oxidation sites excluding steroid dienone is 2. The molecule has 0 saturated heterocycles. The van der Waals surface area contributed by atoms with Crippen molar-refractivity contribution in [1.82, 2.24) is 0 Å². The third-order valence-electron chi connectivity index (χ3n) is 2.26. The molecule has 74 valence electrons. The highest BCUT2D eigenvalue weighted by Crippen LogP contribution is 2.24. The van der Waals surface area contributed by atoms with Crippen LogP contribution in [0.5, 0.6) is 0 Å². The first kappa shape index (κ1) is 10.6. The molecule has 0 aliphatic heterocycles. The average Bonchev–Trinajstić information content (AvgIpc) is 2.25. The van der Waals surface area contributed by atoms with Gasteiger partial charge in [-0.05, 0) is 25.7 Å². The second kappa shape index (κ2) is 6.05. The summed E-state index contributed by atoms with van der Waals surface area (Å²) in [4.78, 5) is 0. The van der Waals surface area contributed by atoms with Gasteiger partial charge in [0.2, 0.25) is 0 Å². The zero-order valence-electron chi connectivity index (χ0n) is 8.25. The lowest BCUT2D eigenvalue weighted by molar-refractivity contribution is 0.190. The fourth-order valence-electron chi connectivity index (χ4n) is 1.50. The van der Waals surface area contributed by atoms with Crippen LogP contribution in [0.25, 0.3) is 0 Å². The standard InChI is InChI=1S/C11H14N2O/c12-7-3-4-8-14-11-6-2-1-5-10(11)9-13/h1-6,8H2. The highest BCUT2D eigenvalue weighted by Gasteiger charge is 2.13. The summed E-state index contributed by atoms with van der Waals surface area (Å²) in [6.07, 6.45) is 5.21. The number of nitrogens with zero attached hydrogens (tertiary/aromatic N) is 2. The minimum absolute atomic E-state index is 0.523. The monoisotopic (exact) mass is 190 g/mol. The summed E-state index contributed by atoms with van der Waals surface area (Å²) < 4.78 is 5.49. The van der Waals surface area contributed by atoms with E-state index in [-0.39, 0.29) is 0 Å². The maximum atomic E-state index is 8.82. The Morgan fingerprint density at radius 1 is 1.21 bits per heavy atom. The molecule has 0 heterocycles. The predicted octanol–water partition coefficient (Wildman–Crippen LogP) is 2.66. The Morgan fingerprint density at radius 3 is 2.71 bits per heavy atom. The summed E-state index contributed by atoms with van der Waals surface area (Å²) in [7, 11) is 0. The molecular formula is C11H14N2O. The highest BCUT2D eigenvalue weighted by molar-refractivity contribution is 5.26. The first-order chi connectivity index (χ1) is 6.88. The highest BCUT2D eigenvalue weighted by atomic mass is 16.5. The van der Waals surface area contributed by atoms with Gasteiger partial charge in [0.05, 0.1) is 24.3 Å². The SMILES string of the molecule is N#CCCCOC1=C(C#N)CCCC1. The van der Waals surface area contributed by atoms with Crippen molar-refractivity contribution in [3.8, 4) is 12.1 Å². The number of ether oxygens (including phenoxy) is 1. The fourth-order valence-corrected chi connectivity index (χ4v) is 1.50. The Bertz CT molecular complexity index is 293. The van der Waals surface area contributed by atoms with E-state index < -0.39 is 0 Å². The third kappa shape index (κ3) is 3.11. The summed E-state index contributed by atoms with van der Waals surface area (Å²) in [6, 6.07) is 4.25. The van der Waals surface area contributed by atoms with Crippen molar-refractivity contribution in [2.75, 3.05) is 6.61 Å². The van der Waals surface area contributed by atoms with Crippen molar-refractivity contribution in [1.29, 1.82) is 10.5 Å². The summed E-state index contributed by atoms with van der Waals surface area (Å²) >= 11 is 0. The maximum absolute atomic E-state index is 8.82. The lowest BCUT2D eigenvalue weighted by Gasteiger charge is -2.16. The molecule has 0 aromatic carbocycles. The quantitative estimate of drug-likeness (QED) is 0.640. The van der Waals surface area contributed by atoms with E-state index in [0.29, 0.717) is 13.0 Å². The number of hydrogen-bond acceptors (Lipinski definition) is 3. The first-order valence-corrected chi connectivity index (χ1v) is 5.00. The molecule has 0 spiro atoms. The van der Waals surface area contributed by atoms with Crippen LogP contribution in [0.4, 0.5) is 0 Å². The molecule has 0 aromatic rings. The Labute approximate surface area is 84.6 Å². The van der Waals surface area contributed by atoms with E-state index in [9.17, 15) is 0 Å². The van der Waals surface area contributed by atoms with Gasteiger partial charge in [-0.15, -0.1) is 0 Å². The number of unbranched alkanes of at least 4 members (excludes halogenated alkanes) is 1. The average molecular weight is 190 g/mol. The predicted molar refractivity (Wildman–Crippen MR) is 51.9 cm³/mol. The van der Waals surface area contributed by atoms with Crippen molar-refractivity contribution < 1.29 is 4.74 Å². The second-order valence-electron chi connectivity index (χ2n) is 3.33. The summed E-state index contributed by atoms with van der Waals surface area (Å²) in [5, 5.41) is 17.2. The molecule has 0 saturated carbocycles. The van der Waals surface area contributed by atoms with Crippen LogP contribution in [0, 0.1) is 22.7 Å². The van der Waals surface area contributed by atoms with Crippen LogP contribution in [0.2, 0.25) is 0 Å². The molecule has 1 aliphatic rings. The van der Waals surface area contributed by atoms with Gasteiger partial charge < -0.3 is 4.74 Å². The van der Waals surface area contributed by atoms with Crippen LogP contribution < -0.4 is 0 Å². The van der Waals surface area contributed by atoms with Gasteiger partial charge in [-0.2, -0.15) is 10.5 Å². The molecule has 0 atom stereocenters. The molecule has 3 heteroatoms. The van der Waals surface area contributed by atoms with Crippen molar-refractivity contribution in [2.45, 2.75) is 38.5 Å². The Balaban J connectivity index is 2.38. The summed E-state index contributed by atoms with van der Waals surface area (Å²) in [6.45, 7) is 0.564. The minimum Gasteiger partial charge on any atom is -0.497 e. The topological polar surface area (TPSA) is 56.8 Å². The van der Waals surface area contributed by atoms with Crippen LogP contribution in [0.15, 0.2) is 11.3 Å². The molecule has 0 bridgehead atoms. The Hall–Kier alpha value is -1.48. The smallest absolute Gasteiger partial charge is 0.110 e. The molecule has 1 aliphatic carbocycles. The largest absolute Gasteiger partial charge is 0.497 e. The van der Waals surface area contributed by atoms with Gasteiger partial charge in [0.25, 0.3) is 0 Å². The number of nitriles is 2. The van der Waals surface area contributed by atoms with E-state index >= 15 is 0 Å². The maximum Gasteiger partial charge on any atom is 0.110 e. The number of hydrogen-bond donors (Lipinski definition) is 0. The molecule has 0 fully saturated rings. The molecule has 0 N–H and O–H groups in total.